The predicted octanol–water partition coefficient (Wildman–Crippen LogP) is 2.35. The van der Waals surface area contributed by atoms with Crippen LogP contribution in [0.2, 0.25) is 0 Å². The van der Waals surface area contributed by atoms with Crippen molar-refractivity contribution in [3.05, 3.63) is 20.3 Å². The molecule has 0 radical (unpaired) electrons. The van der Waals surface area contributed by atoms with Gasteiger partial charge >= 0.3 is 0 Å². The zero-order valence-corrected chi connectivity index (χ0v) is 8.13. The Hall–Kier alpha value is 0.140. The van der Waals surface area contributed by atoms with Crippen LogP contribution in [0, 0.1) is 6.92 Å². The van der Waals surface area contributed by atoms with Gasteiger partial charge in [-0.3, -0.25) is 0 Å². The van der Waals surface area contributed by atoms with Crippen LogP contribution < -0.4 is 0 Å². The van der Waals surface area contributed by atoms with Gasteiger partial charge in [-0.15, -0.1) is 11.3 Å². The fraction of sp³-hybridized carbons (Fsp3) is 0.429. The van der Waals surface area contributed by atoms with E-state index in [0.717, 1.165) is 10.9 Å². The Kier molecular flexibility index (Phi) is 2.89. The average Bonchev–Trinajstić information content (AvgIpc) is 2.20. The van der Waals surface area contributed by atoms with Crippen molar-refractivity contribution < 1.29 is 5.11 Å². The maximum atomic E-state index is 8.64. The van der Waals surface area contributed by atoms with E-state index in [4.69, 9.17) is 5.11 Å². The van der Waals surface area contributed by atoms with Gasteiger partial charge in [0.25, 0.3) is 0 Å². The summed E-state index contributed by atoms with van der Waals surface area (Å²) in [4.78, 5) is 1.27. The molecule has 0 aliphatic carbocycles. The molecular weight excluding hydrogens is 212 g/mol. The summed E-state index contributed by atoms with van der Waals surface area (Å²) in [7, 11) is 0. The van der Waals surface area contributed by atoms with Crippen molar-refractivity contribution in [2.75, 3.05) is 6.61 Å². The molecule has 0 saturated carbocycles. The van der Waals surface area contributed by atoms with E-state index in [9.17, 15) is 0 Å². The van der Waals surface area contributed by atoms with Gasteiger partial charge in [-0.2, -0.15) is 0 Å². The Labute approximate surface area is 72.8 Å². The van der Waals surface area contributed by atoms with E-state index in [1.54, 1.807) is 11.3 Å². The summed E-state index contributed by atoms with van der Waals surface area (Å²) >= 11 is 5.11. The van der Waals surface area contributed by atoms with Gasteiger partial charge in [0.05, 0.1) is 0 Å². The molecule has 0 saturated heterocycles. The Balaban J connectivity index is 2.83. The molecule has 0 fully saturated rings. The van der Waals surface area contributed by atoms with Gasteiger partial charge < -0.3 is 5.11 Å². The second kappa shape index (κ2) is 3.51. The molecule has 1 heterocycles. The Morgan fingerprint density at radius 2 is 2.40 bits per heavy atom. The first-order chi connectivity index (χ1) is 4.75. The monoisotopic (exact) mass is 220 g/mol. The topological polar surface area (TPSA) is 20.2 Å². The van der Waals surface area contributed by atoms with Crippen LogP contribution in [-0.4, -0.2) is 11.7 Å². The summed E-state index contributed by atoms with van der Waals surface area (Å²) in [6.45, 7) is 2.30. The van der Waals surface area contributed by atoms with Crippen molar-refractivity contribution in [1.29, 1.82) is 0 Å². The first-order valence-electron chi connectivity index (χ1n) is 3.09. The number of aliphatic hydroxyl groups excluding tert-OH is 1. The van der Waals surface area contributed by atoms with E-state index in [0.29, 0.717) is 0 Å². The smallest absolute Gasteiger partial charge is 0.0479 e. The third-order valence-electron chi connectivity index (χ3n) is 1.42. The Morgan fingerprint density at radius 3 is 2.80 bits per heavy atom. The number of thiophene rings is 1. The van der Waals surface area contributed by atoms with E-state index in [-0.39, 0.29) is 6.61 Å². The van der Waals surface area contributed by atoms with E-state index < -0.39 is 0 Å². The van der Waals surface area contributed by atoms with Crippen LogP contribution in [0.3, 0.4) is 0 Å². The van der Waals surface area contributed by atoms with Crippen molar-refractivity contribution in [2.24, 2.45) is 0 Å². The van der Waals surface area contributed by atoms with E-state index >= 15 is 0 Å². The van der Waals surface area contributed by atoms with E-state index in [1.165, 1.54) is 10.4 Å². The molecule has 1 rings (SSSR count). The molecule has 0 aliphatic heterocycles. The first kappa shape index (κ1) is 8.24. The lowest BCUT2D eigenvalue weighted by Crippen LogP contribution is -1.88. The lowest BCUT2D eigenvalue weighted by Gasteiger charge is -1.93. The van der Waals surface area contributed by atoms with Gasteiger partial charge in [0.15, 0.2) is 0 Å². The number of hydrogen-bond donors (Lipinski definition) is 1. The van der Waals surface area contributed by atoms with Crippen LogP contribution in [0.1, 0.15) is 10.4 Å². The molecule has 10 heavy (non-hydrogen) atoms. The van der Waals surface area contributed by atoms with Crippen LogP contribution in [0.15, 0.2) is 9.85 Å². The van der Waals surface area contributed by atoms with E-state index in [2.05, 4.69) is 28.2 Å². The maximum absolute atomic E-state index is 8.64. The van der Waals surface area contributed by atoms with Crippen LogP contribution in [0.25, 0.3) is 0 Å². The number of rotatable bonds is 2. The molecule has 0 amide bonds. The standard InChI is InChI=1S/C7H9BrOS/c1-5-6(8)4-10-7(5)2-3-9/h4,9H,2-3H2,1H3. The molecule has 0 unspecified atom stereocenters. The second-order valence-corrected chi connectivity index (χ2v) is 3.92. The molecule has 1 aromatic rings. The third kappa shape index (κ3) is 1.59. The lowest BCUT2D eigenvalue weighted by atomic mass is 10.2. The van der Waals surface area contributed by atoms with Crippen molar-refractivity contribution in [3.8, 4) is 0 Å². The highest BCUT2D eigenvalue weighted by molar-refractivity contribution is 9.10. The SMILES string of the molecule is Cc1c(Br)csc1CCO. The molecule has 1 N–H and O–H groups in total. The predicted molar refractivity (Wildman–Crippen MR) is 47.5 cm³/mol. The van der Waals surface area contributed by atoms with E-state index in [1.807, 2.05) is 0 Å². The fourth-order valence-corrected chi connectivity index (χ4v) is 2.35. The molecule has 0 atom stereocenters. The molecule has 0 spiro atoms. The van der Waals surface area contributed by atoms with Crippen molar-refractivity contribution in [1.82, 2.24) is 0 Å². The molecule has 1 aromatic heterocycles. The first-order valence-corrected chi connectivity index (χ1v) is 4.76. The van der Waals surface area contributed by atoms with Crippen LogP contribution >= 0.6 is 27.3 Å². The summed E-state index contributed by atoms with van der Waals surface area (Å²) < 4.78 is 1.15. The normalized spacial score (nSPS) is 10.3. The zero-order valence-electron chi connectivity index (χ0n) is 5.72. The minimum atomic E-state index is 0.244. The molecule has 3 heteroatoms. The minimum Gasteiger partial charge on any atom is -0.396 e. The average molecular weight is 221 g/mol. The van der Waals surface area contributed by atoms with Gasteiger partial charge in [-0.05, 0) is 28.4 Å². The Bertz CT molecular complexity index is 219. The highest BCUT2D eigenvalue weighted by Crippen LogP contribution is 2.26. The summed E-state index contributed by atoms with van der Waals surface area (Å²) in [6, 6.07) is 0. The maximum Gasteiger partial charge on any atom is 0.0479 e. The van der Waals surface area contributed by atoms with Crippen molar-refractivity contribution >= 4 is 27.3 Å². The minimum absolute atomic E-state index is 0.244. The summed E-state index contributed by atoms with van der Waals surface area (Å²) in [5.74, 6) is 0. The fourth-order valence-electron chi connectivity index (χ4n) is 0.781. The van der Waals surface area contributed by atoms with Gasteiger partial charge in [-0.25, -0.2) is 0 Å². The van der Waals surface area contributed by atoms with Crippen LogP contribution in [-0.2, 0) is 6.42 Å². The highest BCUT2D eigenvalue weighted by atomic mass is 79.9. The molecule has 56 valence electrons. The van der Waals surface area contributed by atoms with Crippen LogP contribution in [0.5, 0.6) is 0 Å². The molecular formula is C7H9BrOS. The van der Waals surface area contributed by atoms with Gasteiger partial charge in [0, 0.05) is 27.8 Å². The molecule has 1 nitrogen and oxygen atoms in total. The largest absolute Gasteiger partial charge is 0.396 e. The summed E-state index contributed by atoms with van der Waals surface area (Å²) in [5.41, 5.74) is 1.26. The molecule has 0 bridgehead atoms. The zero-order chi connectivity index (χ0) is 7.56. The second-order valence-electron chi connectivity index (χ2n) is 2.11. The quantitative estimate of drug-likeness (QED) is 0.812. The van der Waals surface area contributed by atoms with Crippen molar-refractivity contribution in [2.45, 2.75) is 13.3 Å². The van der Waals surface area contributed by atoms with Gasteiger partial charge in [0.2, 0.25) is 0 Å². The lowest BCUT2D eigenvalue weighted by molar-refractivity contribution is 0.300. The van der Waals surface area contributed by atoms with Crippen LogP contribution in [0.4, 0.5) is 0 Å². The number of hydrogen-bond acceptors (Lipinski definition) is 2. The number of aliphatic hydroxyl groups is 1. The molecule has 0 aliphatic rings. The summed E-state index contributed by atoms with van der Waals surface area (Å²) in [5, 5.41) is 10.7. The highest BCUT2D eigenvalue weighted by Gasteiger charge is 2.02. The van der Waals surface area contributed by atoms with Crippen molar-refractivity contribution in [3.63, 3.8) is 0 Å². The number of halogens is 1. The third-order valence-corrected chi connectivity index (χ3v) is 3.70. The summed E-state index contributed by atoms with van der Waals surface area (Å²) in [6.07, 6.45) is 0.780. The Morgan fingerprint density at radius 1 is 1.70 bits per heavy atom. The van der Waals surface area contributed by atoms with Gasteiger partial charge in [-0.1, -0.05) is 0 Å². The molecule has 0 aromatic carbocycles. The van der Waals surface area contributed by atoms with Gasteiger partial charge in [0.1, 0.15) is 0 Å².